The number of halogens is 1. The van der Waals surface area contributed by atoms with Crippen LogP contribution in [0, 0.1) is 5.41 Å². The third-order valence-corrected chi connectivity index (χ3v) is 3.80. The van der Waals surface area contributed by atoms with Crippen LogP contribution in [0.1, 0.15) is 5.56 Å². The third kappa shape index (κ3) is 4.18. The largest absolute Gasteiger partial charge is 0.492 e. The lowest BCUT2D eigenvalue weighted by Gasteiger charge is -2.11. The van der Waals surface area contributed by atoms with E-state index >= 15 is 0 Å². The molecule has 104 valence electrons. The molecule has 3 N–H and O–H groups in total. The average Bonchev–Trinajstić information content (AvgIpc) is 2.44. The predicted octanol–water partition coefficient (Wildman–Crippen LogP) is 3.80. The summed E-state index contributed by atoms with van der Waals surface area (Å²) in [5.41, 5.74) is 6.08. The van der Waals surface area contributed by atoms with E-state index in [1.54, 1.807) is 30.0 Å². The first-order valence-electron chi connectivity index (χ1n) is 6.11. The van der Waals surface area contributed by atoms with Gasteiger partial charge in [0, 0.05) is 15.7 Å². The Morgan fingerprint density at radius 1 is 1.20 bits per heavy atom. The number of nitrogens with two attached hydrogens (primary N) is 1. The van der Waals surface area contributed by atoms with E-state index in [0.717, 1.165) is 5.75 Å². The van der Waals surface area contributed by atoms with Crippen molar-refractivity contribution >= 4 is 29.2 Å². The lowest BCUT2D eigenvalue weighted by atomic mass is 10.2. The van der Waals surface area contributed by atoms with Crippen LogP contribution in [0.4, 0.5) is 0 Å². The first-order chi connectivity index (χ1) is 9.66. The van der Waals surface area contributed by atoms with Gasteiger partial charge >= 0.3 is 0 Å². The summed E-state index contributed by atoms with van der Waals surface area (Å²) in [5, 5.41) is 8.08. The second-order valence-electron chi connectivity index (χ2n) is 4.06. The normalized spacial score (nSPS) is 10.2. The molecule has 0 bridgehead atoms. The Bertz CT molecular complexity index is 590. The van der Waals surface area contributed by atoms with Crippen LogP contribution in [-0.4, -0.2) is 18.2 Å². The van der Waals surface area contributed by atoms with Crippen molar-refractivity contribution in [1.29, 1.82) is 5.41 Å². The molecule has 0 atom stereocenters. The summed E-state index contributed by atoms with van der Waals surface area (Å²) in [6.07, 6.45) is 0. The van der Waals surface area contributed by atoms with E-state index in [1.807, 2.05) is 18.2 Å². The lowest BCUT2D eigenvalue weighted by Crippen LogP contribution is -2.13. The molecule has 0 unspecified atom stereocenters. The van der Waals surface area contributed by atoms with Gasteiger partial charge in [-0.1, -0.05) is 29.8 Å². The Hall–Kier alpha value is -1.65. The van der Waals surface area contributed by atoms with Crippen molar-refractivity contribution < 1.29 is 4.74 Å². The van der Waals surface area contributed by atoms with Crippen molar-refractivity contribution in [2.75, 3.05) is 12.4 Å². The maximum atomic E-state index is 7.51. The fourth-order valence-electron chi connectivity index (χ4n) is 1.67. The summed E-state index contributed by atoms with van der Waals surface area (Å²) in [5.74, 6) is 1.35. The number of amidine groups is 1. The second-order valence-corrected chi connectivity index (χ2v) is 5.67. The van der Waals surface area contributed by atoms with Gasteiger partial charge < -0.3 is 10.5 Å². The van der Waals surface area contributed by atoms with E-state index in [1.165, 1.54) is 4.90 Å². The minimum atomic E-state index is -0.0209. The Labute approximate surface area is 127 Å². The highest BCUT2D eigenvalue weighted by molar-refractivity contribution is 7.99. The first kappa shape index (κ1) is 14.8. The van der Waals surface area contributed by atoms with Gasteiger partial charge in [0.15, 0.2) is 0 Å². The Morgan fingerprint density at radius 3 is 2.65 bits per heavy atom. The van der Waals surface area contributed by atoms with Crippen molar-refractivity contribution in [3.8, 4) is 5.75 Å². The van der Waals surface area contributed by atoms with Crippen LogP contribution in [0.2, 0.25) is 5.02 Å². The topological polar surface area (TPSA) is 59.1 Å². The van der Waals surface area contributed by atoms with E-state index in [9.17, 15) is 0 Å². The molecule has 2 aromatic rings. The van der Waals surface area contributed by atoms with Crippen LogP contribution in [-0.2, 0) is 0 Å². The Morgan fingerprint density at radius 2 is 1.95 bits per heavy atom. The molecule has 0 aliphatic heterocycles. The molecule has 0 heterocycles. The molecule has 0 saturated carbocycles. The number of nitrogen functional groups attached to an aromatic ring is 1. The van der Waals surface area contributed by atoms with E-state index in [-0.39, 0.29) is 5.84 Å². The number of hydrogen-bond acceptors (Lipinski definition) is 3. The lowest BCUT2D eigenvalue weighted by molar-refractivity contribution is 0.343. The van der Waals surface area contributed by atoms with Gasteiger partial charge in [-0.25, -0.2) is 0 Å². The average molecular weight is 307 g/mol. The SMILES string of the molecule is N=C(N)c1ccc(Cl)cc1OCCSc1ccccc1. The minimum absolute atomic E-state index is 0.0209. The monoisotopic (exact) mass is 306 g/mol. The van der Waals surface area contributed by atoms with Crippen LogP contribution in [0.15, 0.2) is 53.4 Å². The highest BCUT2D eigenvalue weighted by Gasteiger charge is 2.07. The number of benzene rings is 2. The first-order valence-corrected chi connectivity index (χ1v) is 7.48. The molecular formula is C15H15ClN2OS. The molecule has 5 heteroatoms. The zero-order valence-corrected chi connectivity index (χ0v) is 12.4. The van der Waals surface area contributed by atoms with Gasteiger partial charge in [-0.15, -0.1) is 11.8 Å². The molecule has 0 aromatic heterocycles. The smallest absolute Gasteiger partial charge is 0.131 e. The Balaban J connectivity index is 1.91. The van der Waals surface area contributed by atoms with Gasteiger partial charge in [0.2, 0.25) is 0 Å². The van der Waals surface area contributed by atoms with Gasteiger partial charge in [0.05, 0.1) is 12.2 Å². The second kappa shape index (κ2) is 7.22. The third-order valence-electron chi connectivity index (χ3n) is 2.59. The predicted molar refractivity (Wildman–Crippen MR) is 85.1 cm³/mol. The number of nitrogens with one attached hydrogen (secondary N) is 1. The van der Waals surface area contributed by atoms with Crippen LogP contribution >= 0.6 is 23.4 Å². The number of rotatable bonds is 6. The molecule has 0 amide bonds. The molecule has 20 heavy (non-hydrogen) atoms. The van der Waals surface area contributed by atoms with Crippen LogP contribution in [0.25, 0.3) is 0 Å². The highest BCUT2D eigenvalue weighted by atomic mass is 35.5. The van der Waals surface area contributed by atoms with E-state index in [4.69, 9.17) is 27.5 Å². The molecule has 0 radical (unpaired) electrons. The molecule has 3 nitrogen and oxygen atoms in total. The van der Waals surface area contributed by atoms with Crippen molar-refractivity contribution in [1.82, 2.24) is 0 Å². The quantitative estimate of drug-likeness (QED) is 0.369. The zero-order valence-electron chi connectivity index (χ0n) is 10.8. The maximum absolute atomic E-state index is 7.51. The van der Waals surface area contributed by atoms with Gasteiger partial charge in [0.25, 0.3) is 0 Å². The number of thioether (sulfide) groups is 1. The summed E-state index contributed by atoms with van der Waals surface area (Å²) in [4.78, 5) is 1.20. The van der Waals surface area contributed by atoms with Gasteiger partial charge in [0.1, 0.15) is 11.6 Å². The fraction of sp³-hybridized carbons (Fsp3) is 0.133. The van der Waals surface area contributed by atoms with Crippen molar-refractivity contribution in [3.05, 3.63) is 59.1 Å². The van der Waals surface area contributed by atoms with Crippen LogP contribution in [0.5, 0.6) is 5.75 Å². The maximum Gasteiger partial charge on any atom is 0.131 e. The van der Waals surface area contributed by atoms with Crippen LogP contribution in [0.3, 0.4) is 0 Å². The number of hydrogen-bond donors (Lipinski definition) is 2. The minimum Gasteiger partial charge on any atom is -0.492 e. The van der Waals surface area contributed by atoms with E-state index < -0.39 is 0 Å². The molecule has 2 rings (SSSR count). The summed E-state index contributed by atoms with van der Waals surface area (Å²) < 4.78 is 5.67. The molecule has 0 fully saturated rings. The standard InChI is InChI=1S/C15H15ClN2OS/c16-11-6-7-13(15(17)18)14(10-11)19-8-9-20-12-4-2-1-3-5-12/h1-7,10H,8-9H2,(H3,17,18). The number of ether oxygens (including phenoxy) is 1. The molecular weight excluding hydrogens is 292 g/mol. The van der Waals surface area contributed by atoms with Gasteiger partial charge in [-0.3, -0.25) is 5.41 Å². The van der Waals surface area contributed by atoms with Gasteiger partial charge in [-0.2, -0.15) is 0 Å². The summed E-state index contributed by atoms with van der Waals surface area (Å²) in [7, 11) is 0. The molecule has 0 aliphatic carbocycles. The van der Waals surface area contributed by atoms with E-state index in [0.29, 0.717) is 22.9 Å². The molecule has 0 aliphatic rings. The van der Waals surface area contributed by atoms with E-state index in [2.05, 4.69) is 12.1 Å². The molecule has 0 saturated heterocycles. The molecule has 2 aromatic carbocycles. The van der Waals surface area contributed by atoms with Gasteiger partial charge in [-0.05, 0) is 30.3 Å². The van der Waals surface area contributed by atoms with Crippen molar-refractivity contribution in [2.24, 2.45) is 5.73 Å². The summed E-state index contributed by atoms with van der Waals surface area (Å²) >= 11 is 7.65. The van der Waals surface area contributed by atoms with Crippen LogP contribution < -0.4 is 10.5 Å². The van der Waals surface area contributed by atoms with Crippen molar-refractivity contribution in [3.63, 3.8) is 0 Å². The molecule has 0 spiro atoms. The highest BCUT2D eigenvalue weighted by Crippen LogP contribution is 2.24. The summed E-state index contributed by atoms with van der Waals surface area (Å²) in [6.45, 7) is 0.528. The fourth-order valence-corrected chi connectivity index (χ4v) is 2.58. The zero-order chi connectivity index (χ0) is 14.4. The summed E-state index contributed by atoms with van der Waals surface area (Å²) in [6, 6.07) is 15.2. The Kier molecular flexibility index (Phi) is 5.32. The van der Waals surface area contributed by atoms with Crippen molar-refractivity contribution in [2.45, 2.75) is 4.90 Å².